The standard InChI is InChI=1S/C31H32ClN7O3S.C4F6O2/c1-20-4-2-3-5-28(20)43(41,42)39-12-10-21(11-13-39)15-29(40)37-27-9-8-24-16-23(27)7-6-22-14-25(18-33-17-22)36-31-34-19-26(32)30(35-24)38-31;5-3(6,7)1(11)2(12)4(8,9)10/h2-5,8-9,14,16-19,21H,6-7,10-13,15H2,1H3,(H,37,40)(H2,34,35,36,38);. The fraction of sp³-hybridized carbons (Fsp3) is 0.314. The van der Waals surface area contributed by atoms with Crippen LogP contribution in [0, 0.1) is 12.8 Å². The lowest BCUT2D eigenvalue weighted by Gasteiger charge is -2.31. The fourth-order valence-corrected chi connectivity index (χ4v) is 7.65. The molecule has 2 aromatic carbocycles. The van der Waals surface area contributed by atoms with Gasteiger partial charge in [0.05, 0.1) is 23.0 Å². The molecular weight excluding hydrogens is 780 g/mol. The Labute approximate surface area is 315 Å². The number of rotatable bonds is 6. The van der Waals surface area contributed by atoms with Crippen LogP contribution in [-0.4, -0.2) is 70.6 Å². The van der Waals surface area contributed by atoms with Gasteiger partial charge in [0.25, 0.3) is 0 Å². The van der Waals surface area contributed by atoms with Crippen LogP contribution in [0.1, 0.15) is 36.0 Å². The number of halogens is 7. The van der Waals surface area contributed by atoms with Gasteiger partial charge in [-0.3, -0.25) is 19.4 Å². The molecule has 0 atom stereocenters. The molecule has 55 heavy (non-hydrogen) atoms. The van der Waals surface area contributed by atoms with Crippen molar-refractivity contribution in [1.29, 1.82) is 0 Å². The van der Waals surface area contributed by atoms with Crippen LogP contribution in [0.2, 0.25) is 5.02 Å². The van der Waals surface area contributed by atoms with Crippen molar-refractivity contribution in [2.75, 3.05) is 29.0 Å². The molecule has 3 N–H and O–H groups in total. The Hall–Kier alpha value is -5.14. The highest BCUT2D eigenvalue weighted by Gasteiger charge is 2.54. The maximum atomic E-state index is 13.2. The number of hydrogen-bond acceptors (Lipinski definition) is 10. The number of benzene rings is 2. The summed E-state index contributed by atoms with van der Waals surface area (Å²) in [5, 5.41) is 9.94. The number of amides is 1. The van der Waals surface area contributed by atoms with Gasteiger partial charge in [0.1, 0.15) is 5.02 Å². The number of carbonyl (C=O) groups is 3. The Kier molecular flexibility index (Phi) is 12.5. The van der Waals surface area contributed by atoms with Gasteiger partial charge in [-0.25, -0.2) is 13.4 Å². The predicted molar refractivity (Wildman–Crippen MR) is 190 cm³/mol. The van der Waals surface area contributed by atoms with E-state index in [1.165, 1.54) is 10.5 Å². The second-order valence-electron chi connectivity index (χ2n) is 12.6. The average Bonchev–Trinajstić information content (AvgIpc) is 3.12. The van der Waals surface area contributed by atoms with Crippen LogP contribution in [0.4, 0.5) is 55.2 Å². The van der Waals surface area contributed by atoms with Crippen molar-refractivity contribution >= 4 is 67.9 Å². The summed E-state index contributed by atoms with van der Waals surface area (Å²) in [5.74, 6) is -5.94. The van der Waals surface area contributed by atoms with E-state index in [-0.39, 0.29) is 11.8 Å². The Morgan fingerprint density at radius 1 is 0.891 bits per heavy atom. The van der Waals surface area contributed by atoms with Gasteiger partial charge in [0.2, 0.25) is 21.9 Å². The SMILES string of the molecule is Cc1ccccc1S(=O)(=O)N1CCC(CC(=O)Nc2ccc3cc2CCc2cncc(c2)Nc2ncc(Cl)c(n2)N3)CC1.O=C(C(=O)C(F)(F)F)C(F)(F)F. The minimum absolute atomic E-state index is 0.0866. The average molecular weight is 812 g/mol. The normalized spacial score (nSPS) is 15.1. The molecule has 0 saturated carbocycles. The zero-order valence-corrected chi connectivity index (χ0v) is 30.3. The molecule has 4 aromatic rings. The van der Waals surface area contributed by atoms with Gasteiger partial charge in [-0.15, -0.1) is 0 Å². The number of fused-ring (bicyclic) bond motifs is 6. The molecule has 292 valence electrons. The maximum Gasteiger partial charge on any atom is 0.458 e. The molecule has 0 spiro atoms. The van der Waals surface area contributed by atoms with E-state index in [2.05, 4.69) is 30.9 Å². The summed E-state index contributed by atoms with van der Waals surface area (Å²) in [4.78, 5) is 45.9. The van der Waals surface area contributed by atoms with Gasteiger partial charge in [-0.05, 0) is 85.5 Å². The first-order valence-corrected chi connectivity index (χ1v) is 18.3. The summed E-state index contributed by atoms with van der Waals surface area (Å²) in [6.45, 7) is 2.61. The van der Waals surface area contributed by atoms with Crippen molar-refractivity contribution in [3.63, 3.8) is 0 Å². The molecule has 1 saturated heterocycles. The number of aromatic nitrogens is 3. The summed E-state index contributed by atoms with van der Waals surface area (Å²) >= 11 is 6.38. The number of nitrogens with zero attached hydrogens (tertiary/aromatic N) is 4. The molecule has 0 aliphatic carbocycles. The molecule has 6 rings (SSSR count). The number of nitrogens with one attached hydrogen (secondary N) is 3. The second kappa shape index (κ2) is 16.7. The minimum Gasteiger partial charge on any atom is -0.339 e. The number of sulfonamides is 1. The van der Waals surface area contributed by atoms with E-state index in [4.69, 9.17) is 11.6 Å². The third-order valence-corrected chi connectivity index (χ3v) is 10.9. The summed E-state index contributed by atoms with van der Waals surface area (Å²) in [6, 6.07) is 14.8. The number of carbonyl (C=O) groups excluding carboxylic acids is 3. The smallest absolute Gasteiger partial charge is 0.339 e. The number of anilines is 5. The van der Waals surface area contributed by atoms with Gasteiger partial charge >= 0.3 is 23.9 Å². The number of Topliss-reactive ketones (excluding diaryl/α,β-unsaturated/α-hetero) is 2. The molecule has 4 heterocycles. The van der Waals surface area contributed by atoms with Crippen LogP contribution >= 0.6 is 11.6 Å². The third kappa shape index (κ3) is 10.5. The van der Waals surface area contributed by atoms with Crippen LogP contribution in [-0.2, 0) is 37.2 Å². The Morgan fingerprint density at radius 3 is 2.22 bits per heavy atom. The highest BCUT2D eigenvalue weighted by Crippen LogP contribution is 2.31. The van der Waals surface area contributed by atoms with E-state index >= 15 is 0 Å². The van der Waals surface area contributed by atoms with Gasteiger partial charge < -0.3 is 16.0 Å². The first-order valence-electron chi connectivity index (χ1n) is 16.5. The zero-order valence-electron chi connectivity index (χ0n) is 28.8. The molecule has 0 radical (unpaired) electrons. The molecule has 1 fully saturated rings. The molecule has 20 heteroatoms. The van der Waals surface area contributed by atoms with Gasteiger partial charge in [0, 0.05) is 37.1 Å². The van der Waals surface area contributed by atoms with E-state index < -0.39 is 33.9 Å². The van der Waals surface area contributed by atoms with Crippen LogP contribution in [0.3, 0.4) is 0 Å². The lowest BCUT2D eigenvalue weighted by atomic mass is 9.94. The predicted octanol–water partition coefficient (Wildman–Crippen LogP) is 7.10. The number of piperidine rings is 1. The summed E-state index contributed by atoms with van der Waals surface area (Å²) in [7, 11) is -3.55. The summed E-state index contributed by atoms with van der Waals surface area (Å²) in [5.41, 5.74) is 5.01. The quantitative estimate of drug-likeness (QED) is 0.135. The number of ketones is 2. The van der Waals surface area contributed by atoms with E-state index in [1.54, 1.807) is 18.3 Å². The maximum absolute atomic E-state index is 13.2. The molecule has 2 aliphatic rings. The molecule has 0 unspecified atom stereocenters. The summed E-state index contributed by atoms with van der Waals surface area (Å²) < 4.78 is 94.9. The Bertz CT molecular complexity index is 2170. The van der Waals surface area contributed by atoms with Crippen molar-refractivity contribution in [2.24, 2.45) is 5.92 Å². The highest BCUT2D eigenvalue weighted by atomic mass is 35.5. The number of hydrogen-bond donors (Lipinski definition) is 3. The van der Waals surface area contributed by atoms with Gasteiger partial charge in [0.15, 0.2) is 5.82 Å². The molecular formula is C35H32ClF6N7O5S. The van der Waals surface area contributed by atoms with Crippen molar-refractivity contribution in [3.8, 4) is 0 Å². The molecule has 12 nitrogen and oxygen atoms in total. The van der Waals surface area contributed by atoms with E-state index in [9.17, 15) is 49.1 Å². The largest absolute Gasteiger partial charge is 0.458 e. The Morgan fingerprint density at radius 2 is 1.56 bits per heavy atom. The first-order chi connectivity index (χ1) is 25.8. The lowest BCUT2D eigenvalue weighted by molar-refractivity contribution is -0.193. The first kappa shape index (κ1) is 41.0. The van der Waals surface area contributed by atoms with Crippen LogP contribution < -0.4 is 16.0 Å². The lowest BCUT2D eigenvalue weighted by Crippen LogP contribution is -2.39. The van der Waals surface area contributed by atoms with Crippen LogP contribution in [0.15, 0.2) is 72.0 Å². The Balaban J connectivity index is 0.000000418. The summed E-state index contributed by atoms with van der Waals surface area (Å²) in [6.07, 6.45) is -3.50. The van der Waals surface area contributed by atoms with Crippen LogP contribution in [0.5, 0.6) is 0 Å². The monoisotopic (exact) mass is 811 g/mol. The molecule has 2 aliphatic heterocycles. The van der Waals surface area contributed by atoms with Crippen molar-refractivity contribution in [1.82, 2.24) is 19.3 Å². The molecule has 6 bridgehead atoms. The fourth-order valence-electron chi connectivity index (χ4n) is 5.81. The number of alkyl halides is 6. The number of aryl methyl sites for hydroxylation is 3. The van der Waals surface area contributed by atoms with E-state index in [1.807, 2.05) is 49.5 Å². The third-order valence-electron chi connectivity index (χ3n) is 8.60. The van der Waals surface area contributed by atoms with Gasteiger partial charge in [-0.2, -0.15) is 35.6 Å². The number of pyridine rings is 1. The zero-order chi connectivity index (χ0) is 40.1. The van der Waals surface area contributed by atoms with Crippen molar-refractivity contribution in [2.45, 2.75) is 56.3 Å². The topological polar surface area (TPSA) is 163 Å². The van der Waals surface area contributed by atoms with E-state index in [0.29, 0.717) is 66.9 Å². The minimum atomic E-state index is -5.77. The molecule has 2 aromatic heterocycles. The second-order valence-corrected chi connectivity index (χ2v) is 14.9. The van der Waals surface area contributed by atoms with Crippen molar-refractivity contribution < 1.29 is 49.1 Å². The van der Waals surface area contributed by atoms with Crippen LogP contribution in [0.25, 0.3) is 0 Å². The van der Waals surface area contributed by atoms with E-state index in [0.717, 1.165) is 33.8 Å². The molecule has 1 amide bonds. The van der Waals surface area contributed by atoms with Crippen molar-refractivity contribution in [3.05, 3.63) is 88.8 Å². The van der Waals surface area contributed by atoms with Gasteiger partial charge in [-0.1, -0.05) is 29.8 Å². The highest BCUT2D eigenvalue weighted by molar-refractivity contribution is 7.89.